The Morgan fingerprint density at radius 1 is 0.963 bits per heavy atom. The summed E-state index contributed by atoms with van der Waals surface area (Å²) in [5.74, 6) is 0.574. The smallest absolute Gasteiger partial charge is 0.227 e. The number of para-hydroxylation sites is 1. The molecule has 0 unspecified atom stereocenters. The van der Waals surface area contributed by atoms with Gasteiger partial charge in [-0.3, -0.25) is 4.79 Å². The van der Waals surface area contributed by atoms with E-state index in [1.807, 2.05) is 25.3 Å². The molecule has 0 saturated heterocycles. The van der Waals surface area contributed by atoms with Gasteiger partial charge in [-0.25, -0.2) is 0 Å². The Morgan fingerprint density at radius 2 is 1.67 bits per heavy atom. The molecule has 0 aliphatic heterocycles. The molecule has 0 saturated carbocycles. The third-order valence-corrected chi connectivity index (χ3v) is 5.11. The molecule has 0 spiro atoms. The van der Waals surface area contributed by atoms with E-state index in [1.54, 1.807) is 0 Å². The molecule has 0 radical (unpaired) electrons. The third kappa shape index (κ3) is 4.79. The topological polar surface area (TPSA) is 44.9 Å². The maximum atomic E-state index is 12.7. The van der Waals surface area contributed by atoms with Crippen LogP contribution in [0.4, 0.5) is 0 Å². The van der Waals surface area contributed by atoms with Crippen molar-refractivity contribution in [1.82, 2.24) is 10.3 Å². The molecule has 1 aromatic heterocycles. The summed E-state index contributed by atoms with van der Waals surface area (Å²) in [6, 6.07) is 16.8. The van der Waals surface area contributed by atoms with Crippen molar-refractivity contribution in [3.8, 4) is 0 Å². The molecule has 0 fully saturated rings. The van der Waals surface area contributed by atoms with E-state index in [0.29, 0.717) is 5.92 Å². The second kappa shape index (κ2) is 8.43. The molecule has 142 valence electrons. The molecule has 27 heavy (non-hydrogen) atoms. The van der Waals surface area contributed by atoms with Crippen molar-refractivity contribution in [2.45, 2.75) is 52.5 Å². The van der Waals surface area contributed by atoms with Crippen LogP contribution >= 0.6 is 0 Å². The van der Waals surface area contributed by atoms with Gasteiger partial charge in [0.15, 0.2) is 0 Å². The van der Waals surface area contributed by atoms with Crippen LogP contribution in [0.15, 0.2) is 54.7 Å². The second-order valence-corrected chi connectivity index (χ2v) is 8.03. The van der Waals surface area contributed by atoms with Crippen LogP contribution in [0, 0.1) is 5.92 Å². The van der Waals surface area contributed by atoms with E-state index in [4.69, 9.17) is 0 Å². The van der Waals surface area contributed by atoms with Gasteiger partial charge in [-0.05, 0) is 55.4 Å². The summed E-state index contributed by atoms with van der Waals surface area (Å²) < 4.78 is 0. The van der Waals surface area contributed by atoms with E-state index in [0.717, 1.165) is 23.9 Å². The van der Waals surface area contributed by atoms with Gasteiger partial charge in [0, 0.05) is 23.1 Å². The highest BCUT2D eigenvalue weighted by molar-refractivity contribution is 5.84. The molecule has 3 nitrogen and oxygen atoms in total. The third-order valence-electron chi connectivity index (χ3n) is 5.11. The number of amides is 1. The molecule has 3 rings (SSSR count). The van der Waals surface area contributed by atoms with Crippen LogP contribution in [0.2, 0.25) is 0 Å². The molecule has 0 aliphatic rings. The zero-order chi connectivity index (χ0) is 19.4. The standard InChI is InChI=1S/C24H30N2O/c1-16(2)13-19-9-11-20(12-10-19)18(4)24(27)26-17(3)14-21-15-25-23-8-6-5-7-22(21)23/h5-12,15-18,25H,13-14H2,1-4H3,(H,26,27)/t17-,18-/m1/s1. The summed E-state index contributed by atoms with van der Waals surface area (Å²) >= 11 is 0. The summed E-state index contributed by atoms with van der Waals surface area (Å²) in [6.07, 6.45) is 3.93. The van der Waals surface area contributed by atoms with Gasteiger partial charge in [0.05, 0.1) is 5.92 Å². The summed E-state index contributed by atoms with van der Waals surface area (Å²) in [5, 5.41) is 4.40. The minimum atomic E-state index is -0.150. The molecule has 3 heteroatoms. The lowest BCUT2D eigenvalue weighted by Crippen LogP contribution is -2.36. The zero-order valence-electron chi connectivity index (χ0n) is 16.8. The monoisotopic (exact) mass is 362 g/mol. The largest absolute Gasteiger partial charge is 0.361 e. The highest BCUT2D eigenvalue weighted by atomic mass is 16.1. The van der Waals surface area contributed by atoms with Crippen molar-refractivity contribution in [2.75, 3.05) is 0 Å². The second-order valence-electron chi connectivity index (χ2n) is 8.03. The summed E-state index contributed by atoms with van der Waals surface area (Å²) in [7, 11) is 0. The van der Waals surface area contributed by atoms with Crippen molar-refractivity contribution in [2.24, 2.45) is 5.92 Å². The number of fused-ring (bicyclic) bond motifs is 1. The number of benzene rings is 2. The van der Waals surface area contributed by atoms with Crippen molar-refractivity contribution in [1.29, 1.82) is 0 Å². The SMILES string of the molecule is CC(C)Cc1ccc([C@@H](C)C(=O)N[C@H](C)Cc2c[nH]c3ccccc23)cc1. The first-order chi connectivity index (χ1) is 12.9. The van der Waals surface area contributed by atoms with Crippen LogP contribution < -0.4 is 5.32 Å². The molecule has 1 amide bonds. The first kappa shape index (κ1) is 19.2. The minimum Gasteiger partial charge on any atom is -0.361 e. The molecule has 0 bridgehead atoms. The van der Waals surface area contributed by atoms with E-state index in [9.17, 15) is 4.79 Å². The lowest BCUT2D eigenvalue weighted by atomic mass is 9.96. The molecule has 0 aliphatic carbocycles. The van der Waals surface area contributed by atoms with Crippen molar-refractivity contribution in [3.63, 3.8) is 0 Å². The van der Waals surface area contributed by atoms with Gasteiger partial charge in [0.2, 0.25) is 5.91 Å². The van der Waals surface area contributed by atoms with Crippen LogP contribution in [-0.4, -0.2) is 16.9 Å². The minimum absolute atomic E-state index is 0.0824. The number of hydrogen-bond donors (Lipinski definition) is 2. The Hall–Kier alpha value is -2.55. The average Bonchev–Trinajstić information content (AvgIpc) is 3.04. The number of aromatic amines is 1. The maximum absolute atomic E-state index is 12.7. The first-order valence-electron chi connectivity index (χ1n) is 9.88. The van der Waals surface area contributed by atoms with Gasteiger partial charge in [0.25, 0.3) is 0 Å². The van der Waals surface area contributed by atoms with E-state index in [-0.39, 0.29) is 17.9 Å². The molecule has 2 N–H and O–H groups in total. The van der Waals surface area contributed by atoms with Gasteiger partial charge in [-0.1, -0.05) is 56.3 Å². The van der Waals surface area contributed by atoms with Crippen LogP contribution in [0.3, 0.4) is 0 Å². The van der Waals surface area contributed by atoms with E-state index in [1.165, 1.54) is 16.5 Å². The maximum Gasteiger partial charge on any atom is 0.227 e. The van der Waals surface area contributed by atoms with Crippen LogP contribution in [0.5, 0.6) is 0 Å². The molecule has 2 aromatic carbocycles. The fourth-order valence-corrected chi connectivity index (χ4v) is 3.61. The number of H-pyrrole nitrogens is 1. The van der Waals surface area contributed by atoms with Gasteiger partial charge >= 0.3 is 0 Å². The Morgan fingerprint density at radius 3 is 2.37 bits per heavy atom. The van der Waals surface area contributed by atoms with E-state index < -0.39 is 0 Å². The fourth-order valence-electron chi connectivity index (χ4n) is 3.61. The highest BCUT2D eigenvalue weighted by Crippen LogP contribution is 2.20. The van der Waals surface area contributed by atoms with E-state index >= 15 is 0 Å². The number of carbonyl (C=O) groups excluding carboxylic acids is 1. The van der Waals surface area contributed by atoms with Crippen LogP contribution in [0.25, 0.3) is 10.9 Å². The van der Waals surface area contributed by atoms with Gasteiger partial charge < -0.3 is 10.3 Å². The number of hydrogen-bond acceptors (Lipinski definition) is 1. The van der Waals surface area contributed by atoms with E-state index in [2.05, 4.69) is 67.5 Å². The fraction of sp³-hybridized carbons (Fsp3) is 0.375. The van der Waals surface area contributed by atoms with Crippen molar-refractivity contribution in [3.05, 3.63) is 71.4 Å². The average molecular weight is 363 g/mol. The quantitative estimate of drug-likeness (QED) is 0.595. The molecule has 2 atom stereocenters. The molecule has 1 heterocycles. The Labute approximate surface area is 162 Å². The summed E-state index contributed by atoms with van der Waals surface area (Å²) in [6.45, 7) is 8.49. The van der Waals surface area contributed by atoms with Gasteiger partial charge in [-0.2, -0.15) is 0 Å². The zero-order valence-corrected chi connectivity index (χ0v) is 16.8. The lowest BCUT2D eigenvalue weighted by Gasteiger charge is -2.18. The molecule has 3 aromatic rings. The van der Waals surface area contributed by atoms with Gasteiger partial charge in [0.1, 0.15) is 0 Å². The summed E-state index contributed by atoms with van der Waals surface area (Å²) in [5.41, 5.74) is 4.78. The number of rotatable bonds is 7. The molecular weight excluding hydrogens is 332 g/mol. The van der Waals surface area contributed by atoms with Crippen LogP contribution in [0.1, 0.15) is 50.3 Å². The highest BCUT2D eigenvalue weighted by Gasteiger charge is 2.18. The van der Waals surface area contributed by atoms with Crippen molar-refractivity contribution >= 4 is 16.8 Å². The normalized spacial score (nSPS) is 13.7. The van der Waals surface area contributed by atoms with Crippen LogP contribution in [-0.2, 0) is 17.6 Å². The van der Waals surface area contributed by atoms with Crippen molar-refractivity contribution < 1.29 is 4.79 Å². The Bertz CT molecular complexity index is 892. The predicted octanol–water partition coefficient (Wildman–Crippen LogP) is 5.22. The summed E-state index contributed by atoms with van der Waals surface area (Å²) in [4.78, 5) is 16.0. The number of aromatic nitrogens is 1. The molecular formula is C24H30N2O. The number of carbonyl (C=O) groups is 1. The predicted molar refractivity (Wildman–Crippen MR) is 113 cm³/mol. The number of nitrogens with one attached hydrogen (secondary N) is 2. The lowest BCUT2D eigenvalue weighted by molar-refractivity contribution is -0.122. The van der Waals surface area contributed by atoms with Gasteiger partial charge in [-0.15, -0.1) is 0 Å². The first-order valence-corrected chi connectivity index (χ1v) is 9.88. The Kier molecular flexibility index (Phi) is 6.00. The Balaban J connectivity index is 1.60.